The molecule has 17 heavy (non-hydrogen) atoms. The van der Waals surface area contributed by atoms with E-state index in [1.807, 2.05) is 0 Å². The summed E-state index contributed by atoms with van der Waals surface area (Å²) in [6, 6.07) is 4.96. The highest BCUT2D eigenvalue weighted by molar-refractivity contribution is 7.83. The Hall–Kier alpha value is -0.570. The molecule has 0 amide bonds. The van der Waals surface area contributed by atoms with Crippen LogP contribution in [0.3, 0.4) is 0 Å². The van der Waals surface area contributed by atoms with Crippen molar-refractivity contribution in [1.82, 2.24) is 0 Å². The molecule has 6 nitrogen and oxygen atoms in total. The third-order valence-electron chi connectivity index (χ3n) is 1.25. The summed E-state index contributed by atoms with van der Waals surface area (Å²) < 4.78 is 30.3. The number of aliphatic hydroxyl groups is 1. The van der Waals surface area contributed by atoms with Crippen molar-refractivity contribution in [3.05, 3.63) is 28.2 Å². The molecule has 1 rings (SSSR count). The van der Waals surface area contributed by atoms with Gasteiger partial charge in [0.2, 0.25) is 0 Å². The van der Waals surface area contributed by atoms with Crippen LogP contribution in [-0.4, -0.2) is 31.3 Å². The van der Waals surface area contributed by atoms with Crippen molar-refractivity contribution in [2.24, 2.45) is 5.14 Å². The minimum atomic E-state index is -4.17. The molecule has 0 saturated heterocycles. The van der Waals surface area contributed by atoms with Gasteiger partial charge in [-0.25, -0.2) is 5.14 Å². The van der Waals surface area contributed by atoms with Crippen LogP contribution < -0.4 is 9.88 Å². The number of halogens is 2. The van der Waals surface area contributed by atoms with Crippen molar-refractivity contribution in [2.45, 2.75) is 0 Å². The van der Waals surface area contributed by atoms with Gasteiger partial charge in [-0.3, -0.25) is 4.55 Å². The maximum absolute atomic E-state index is 8.97. The van der Waals surface area contributed by atoms with E-state index in [9.17, 15) is 0 Å². The molecular formula is C8H11Cl2NO5S. The zero-order chi connectivity index (χ0) is 13.5. The highest BCUT2D eigenvalue weighted by Gasteiger charge is 1.99. The van der Waals surface area contributed by atoms with Crippen molar-refractivity contribution >= 4 is 33.5 Å². The van der Waals surface area contributed by atoms with Gasteiger partial charge >= 0.3 is 10.3 Å². The molecule has 0 aliphatic carbocycles. The van der Waals surface area contributed by atoms with Gasteiger partial charge in [-0.2, -0.15) is 8.42 Å². The lowest BCUT2D eigenvalue weighted by molar-refractivity contribution is 0.201. The summed E-state index contributed by atoms with van der Waals surface area (Å²) in [6.45, 7) is 0.248. The topological polar surface area (TPSA) is 110 Å². The van der Waals surface area contributed by atoms with Crippen LogP contribution in [0.2, 0.25) is 10.0 Å². The fraction of sp³-hybridized carbons (Fsp3) is 0.250. The zero-order valence-electron chi connectivity index (χ0n) is 8.51. The van der Waals surface area contributed by atoms with Crippen molar-refractivity contribution in [1.29, 1.82) is 0 Å². The van der Waals surface area contributed by atoms with Crippen LogP contribution in [0.25, 0.3) is 0 Å². The molecule has 9 heteroatoms. The van der Waals surface area contributed by atoms with Crippen molar-refractivity contribution in [2.75, 3.05) is 13.2 Å². The molecule has 1 aromatic carbocycles. The standard InChI is InChI=1S/C8H8Cl2O2.H3NO3S/c9-7-2-1-6(5-8(7)10)12-4-3-11;1-5(2,3)4/h1-2,5,11H,3-4H2;(H3,1,2,3,4). The van der Waals surface area contributed by atoms with E-state index >= 15 is 0 Å². The largest absolute Gasteiger partial charge is 0.491 e. The normalized spacial score (nSPS) is 10.4. The molecule has 0 atom stereocenters. The summed E-state index contributed by atoms with van der Waals surface area (Å²) in [7, 11) is -4.17. The van der Waals surface area contributed by atoms with E-state index < -0.39 is 10.3 Å². The molecule has 98 valence electrons. The fourth-order valence-corrected chi connectivity index (χ4v) is 1.02. The SMILES string of the molecule is NS(=O)(=O)O.OCCOc1ccc(Cl)c(Cl)c1. The van der Waals surface area contributed by atoms with Crippen LogP contribution in [0.15, 0.2) is 18.2 Å². The van der Waals surface area contributed by atoms with Crippen molar-refractivity contribution in [3.63, 3.8) is 0 Å². The van der Waals surface area contributed by atoms with E-state index in [1.165, 1.54) is 0 Å². The maximum Gasteiger partial charge on any atom is 0.330 e. The Kier molecular flexibility index (Phi) is 7.44. The first kappa shape index (κ1) is 16.4. The Bertz CT molecular complexity index is 443. The first-order chi connectivity index (χ1) is 7.74. The van der Waals surface area contributed by atoms with Gasteiger partial charge in [0.15, 0.2) is 0 Å². The van der Waals surface area contributed by atoms with Gasteiger partial charge < -0.3 is 9.84 Å². The highest BCUT2D eigenvalue weighted by Crippen LogP contribution is 2.26. The Balaban J connectivity index is 0.000000437. The van der Waals surface area contributed by atoms with Gasteiger partial charge in [-0.05, 0) is 12.1 Å². The first-order valence-corrected chi connectivity index (χ1v) is 6.44. The molecule has 0 radical (unpaired) electrons. The molecule has 0 fully saturated rings. The Morgan fingerprint density at radius 3 is 2.24 bits per heavy atom. The lowest BCUT2D eigenvalue weighted by atomic mass is 10.3. The van der Waals surface area contributed by atoms with E-state index in [0.717, 1.165) is 0 Å². The lowest BCUT2D eigenvalue weighted by Crippen LogP contribution is -2.08. The molecule has 0 unspecified atom stereocenters. The summed E-state index contributed by atoms with van der Waals surface area (Å²) in [5.41, 5.74) is 0. The second kappa shape index (κ2) is 7.70. The molecule has 0 aliphatic rings. The van der Waals surface area contributed by atoms with E-state index in [-0.39, 0.29) is 13.2 Å². The fourth-order valence-electron chi connectivity index (χ4n) is 0.730. The third-order valence-corrected chi connectivity index (χ3v) is 1.99. The number of rotatable bonds is 3. The predicted octanol–water partition coefficient (Wildman–Crippen LogP) is 1.11. The number of aliphatic hydroxyl groups excluding tert-OH is 1. The smallest absolute Gasteiger partial charge is 0.330 e. The van der Waals surface area contributed by atoms with Crippen molar-refractivity contribution in [3.8, 4) is 5.75 Å². The number of hydrogen-bond donors (Lipinski definition) is 3. The quantitative estimate of drug-likeness (QED) is 0.725. The van der Waals surface area contributed by atoms with Crippen LogP contribution >= 0.6 is 23.2 Å². The van der Waals surface area contributed by atoms with Gasteiger partial charge in [0.25, 0.3) is 0 Å². The molecule has 0 aliphatic heterocycles. The van der Waals surface area contributed by atoms with Crippen LogP contribution in [-0.2, 0) is 10.3 Å². The van der Waals surface area contributed by atoms with Crippen molar-refractivity contribution < 1.29 is 22.8 Å². The van der Waals surface area contributed by atoms with Crippen LogP contribution in [0, 0.1) is 0 Å². The Morgan fingerprint density at radius 1 is 1.29 bits per heavy atom. The van der Waals surface area contributed by atoms with E-state index in [2.05, 4.69) is 5.14 Å². The zero-order valence-corrected chi connectivity index (χ0v) is 10.8. The highest BCUT2D eigenvalue weighted by atomic mass is 35.5. The van der Waals surface area contributed by atoms with Gasteiger partial charge in [0, 0.05) is 6.07 Å². The number of hydrogen-bond acceptors (Lipinski definition) is 4. The summed E-state index contributed by atoms with van der Waals surface area (Å²) >= 11 is 11.4. The Labute approximate surface area is 109 Å². The first-order valence-electron chi connectivity index (χ1n) is 4.18. The molecule has 0 heterocycles. The number of nitrogens with two attached hydrogens (primary N) is 1. The van der Waals surface area contributed by atoms with E-state index in [1.54, 1.807) is 18.2 Å². The molecule has 0 aromatic heterocycles. The number of ether oxygens (including phenoxy) is 1. The van der Waals surface area contributed by atoms with Gasteiger partial charge in [-0.1, -0.05) is 23.2 Å². The summed E-state index contributed by atoms with van der Waals surface area (Å²) in [5.74, 6) is 0.610. The number of benzene rings is 1. The lowest BCUT2D eigenvalue weighted by Gasteiger charge is -2.04. The average molecular weight is 304 g/mol. The summed E-state index contributed by atoms with van der Waals surface area (Å²) in [4.78, 5) is 0. The monoisotopic (exact) mass is 303 g/mol. The molecule has 0 saturated carbocycles. The van der Waals surface area contributed by atoms with Crippen LogP contribution in [0.1, 0.15) is 0 Å². The summed E-state index contributed by atoms with van der Waals surface area (Å²) in [6.07, 6.45) is 0. The second-order valence-electron chi connectivity index (χ2n) is 2.66. The minimum Gasteiger partial charge on any atom is -0.491 e. The maximum atomic E-state index is 8.97. The van der Waals surface area contributed by atoms with Gasteiger partial charge in [0.1, 0.15) is 12.4 Å². The van der Waals surface area contributed by atoms with E-state index in [4.69, 9.17) is 46.0 Å². The predicted molar refractivity (Wildman–Crippen MR) is 64.8 cm³/mol. The Morgan fingerprint density at radius 2 is 1.82 bits per heavy atom. The minimum absolute atomic E-state index is 0.0136. The van der Waals surface area contributed by atoms with Gasteiger partial charge in [-0.15, -0.1) is 0 Å². The van der Waals surface area contributed by atoms with Gasteiger partial charge in [0.05, 0.1) is 16.7 Å². The molecular weight excluding hydrogens is 293 g/mol. The summed E-state index contributed by atoms with van der Waals surface area (Å²) in [5, 5.41) is 13.3. The van der Waals surface area contributed by atoms with Crippen LogP contribution in [0.5, 0.6) is 5.75 Å². The molecule has 0 spiro atoms. The molecule has 4 N–H and O–H groups in total. The molecule has 0 bridgehead atoms. The average Bonchev–Trinajstić information content (AvgIpc) is 2.17. The second-order valence-corrected chi connectivity index (χ2v) is 4.51. The third kappa shape index (κ3) is 10.3. The molecule has 1 aromatic rings. The van der Waals surface area contributed by atoms with Crippen LogP contribution in [0.4, 0.5) is 0 Å². The van der Waals surface area contributed by atoms with E-state index in [0.29, 0.717) is 15.8 Å².